The molecular weight excluding hydrogens is 250 g/mol. The first-order valence-electron chi connectivity index (χ1n) is 7.76. The quantitative estimate of drug-likeness (QED) is 0.836. The molecule has 1 saturated heterocycles. The minimum atomic E-state index is 0.710. The molecule has 1 aromatic heterocycles. The van der Waals surface area contributed by atoms with Gasteiger partial charge in [0, 0.05) is 24.8 Å². The maximum absolute atomic E-state index is 4.53. The van der Waals surface area contributed by atoms with Gasteiger partial charge in [0.1, 0.15) is 5.82 Å². The van der Waals surface area contributed by atoms with Crippen LogP contribution in [0.3, 0.4) is 0 Å². The van der Waals surface area contributed by atoms with Crippen molar-refractivity contribution in [3.05, 3.63) is 11.8 Å². The highest BCUT2D eigenvalue weighted by atomic mass is 15.1. The van der Waals surface area contributed by atoms with Crippen molar-refractivity contribution in [2.75, 3.05) is 43.4 Å². The largest absolute Gasteiger partial charge is 0.369 e. The van der Waals surface area contributed by atoms with E-state index in [1.807, 2.05) is 6.20 Å². The molecule has 1 aliphatic heterocycles. The van der Waals surface area contributed by atoms with Crippen molar-refractivity contribution in [1.82, 2.24) is 14.9 Å². The van der Waals surface area contributed by atoms with Gasteiger partial charge in [0.2, 0.25) is 5.95 Å². The minimum absolute atomic E-state index is 0.710. The predicted octanol–water partition coefficient (Wildman–Crippen LogP) is 2.36. The summed E-state index contributed by atoms with van der Waals surface area (Å²) in [5, 5.41) is 6.66. The van der Waals surface area contributed by atoms with Gasteiger partial charge in [0.05, 0.1) is 0 Å². The van der Waals surface area contributed by atoms with Gasteiger partial charge in [0.25, 0.3) is 0 Å². The zero-order valence-electron chi connectivity index (χ0n) is 12.9. The van der Waals surface area contributed by atoms with Crippen molar-refractivity contribution in [3.63, 3.8) is 0 Å². The van der Waals surface area contributed by atoms with Crippen LogP contribution in [0.15, 0.2) is 6.20 Å². The van der Waals surface area contributed by atoms with E-state index in [1.165, 1.54) is 32.5 Å². The Hall–Kier alpha value is -1.36. The highest BCUT2D eigenvalue weighted by Gasteiger charge is 2.18. The Morgan fingerprint density at radius 1 is 1.25 bits per heavy atom. The van der Waals surface area contributed by atoms with E-state index in [0.29, 0.717) is 5.95 Å². The Kier molecular flexibility index (Phi) is 5.59. The van der Waals surface area contributed by atoms with Crippen LogP contribution in [0.2, 0.25) is 0 Å². The van der Waals surface area contributed by atoms with Crippen LogP contribution < -0.4 is 10.6 Å². The summed E-state index contributed by atoms with van der Waals surface area (Å²) in [6.07, 6.45) is 4.45. The van der Waals surface area contributed by atoms with Gasteiger partial charge >= 0.3 is 0 Å². The molecule has 5 heteroatoms. The zero-order chi connectivity index (χ0) is 14.4. The molecular formula is C15H27N5. The molecule has 112 valence electrons. The molecule has 0 unspecified atom stereocenters. The van der Waals surface area contributed by atoms with E-state index in [1.54, 1.807) is 0 Å². The van der Waals surface area contributed by atoms with Crippen LogP contribution in [-0.4, -0.2) is 47.6 Å². The number of hydrogen-bond acceptors (Lipinski definition) is 5. The Morgan fingerprint density at radius 2 is 2.00 bits per heavy atom. The average Bonchev–Trinajstić information content (AvgIpc) is 2.48. The number of nitrogens with one attached hydrogen (secondary N) is 2. The highest BCUT2D eigenvalue weighted by molar-refractivity contribution is 5.46. The number of rotatable bonds is 6. The smallest absolute Gasteiger partial charge is 0.224 e. The molecule has 0 amide bonds. The molecule has 0 saturated carbocycles. The maximum atomic E-state index is 4.53. The summed E-state index contributed by atoms with van der Waals surface area (Å²) < 4.78 is 0. The minimum Gasteiger partial charge on any atom is -0.369 e. The molecule has 0 aliphatic carbocycles. The Balaban J connectivity index is 1.86. The molecule has 1 aliphatic rings. The van der Waals surface area contributed by atoms with Crippen LogP contribution in [0.25, 0.3) is 0 Å². The first-order chi connectivity index (χ1) is 9.72. The summed E-state index contributed by atoms with van der Waals surface area (Å²) in [6.45, 7) is 11.8. The van der Waals surface area contributed by atoms with E-state index in [2.05, 4.69) is 46.3 Å². The van der Waals surface area contributed by atoms with E-state index in [0.717, 1.165) is 30.4 Å². The maximum Gasteiger partial charge on any atom is 0.224 e. The van der Waals surface area contributed by atoms with Crippen molar-refractivity contribution in [2.24, 2.45) is 5.92 Å². The Bertz CT molecular complexity index is 413. The second kappa shape index (κ2) is 7.43. The van der Waals surface area contributed by atoms with Crippen LogP contribution in [0.5, 0.6) is 0 Å². The molecule has 2 heterocycles. The summed E-state index contributed by atoms with van der Waals surface area (Å²) in [6, 6.07) is 0. The number of nitrogens with zero attached hydrogens (tertiary/aromatic N) is 3. The monoisotopic (exact) mass is 277 g/mol. The molecule has 5 nitrogen and oxygen atoms in total. The highest BCUT2D eigenvalue weighted by Crippen LogP contribution is 2.19. The number of aryl methyl sites for hydroxylation is 1. The van der Waals surface area contributed by atoms with Crippen molar-refractivity contribution in [1.29, 1.82) is 0 Å². The normalized spacial score (nSPS) is 17.1. The first-order valence-corrected chi connectivity index (χ1v) is 7.76. The number of aromatic nitrogens is 2. The number of likely N-dealkylation sites (tertiary alicyclic amines) is 1. The zero-order valence-corrected chi connectivity index (χ0v) is 12.9. The number of piperidine rings is 1. The number of anilines is 2. The summed E-state index contributed by atoms with van der Waals surface area (Å²) in [4.78, 5) is 11.3. The fourth-order valence-corrected chi connectivity index (χ4v) is 2.61. The second-order valence-electron chi connectivity index (χ2n) is 5.51. The van der Waals surface area contributed by atoms with Gasteiger partial charge in [-0.3, -0.25) is 0 Å². The third-order valence-corrected chi connectivity index (χ3v) is 4.02. The van der Waals surface area contributed by atoms with Gasteiger partial charge in [-0.05, 0) is 52.2 Å². The molecule has 2 N–H and O–H groups in total. The van der Waals surface area contributed by atoms with Crippen molar-refractivity contribution in [3.8, 4) is 0 Å². The fourth-order valence-electron chi connectivity index (χ4n) is 2.61. The van der Waals surface area contributed by atoms with Crippen molar-refractivity contribution in [2.45, 2.75) is 33.6 Å². The van der Waals surface area contributed by atoms with Gasteiger partial charge in [-0.15, -0.1) is 0 Å². The third-order valence-electron chi connectivity index (χ3n) is 4.02. The Morgan fingerprint density at radius 3 is 2.65 bits per heavy atom. The molecule has 20 heavy (non-hydrogen) atoms. The van der Waals surface area contributed by atoms with Gasteiger partial charge in [-0.1, -0.05) is 6.92 Å². The van der Waals surface area contributed by atoms with Crippen LogP contribution >= 0.6 is 0 Å². The summed E-state index contributed by atoms with van der Waals surface area (Å²) in [5.41, 5.74) is 1.11. The van der Waals surface area contributed by atoms with E-state index in [-0.39, 0.29) is 0 Å². The molecule has 0 spiro atoms. The summed E-state index contributed by atoms with van der Waals surface area (Å²) in [7, 11) is 0. The fraction of sp³-hybridized carbons (Fsp3) is 0.733. The molecule has 0 atom stereocenters. The van der Waals surface area contributed by atoms with Crippen molar-refractivity contribution < 1.29 is 0 Å². The van der Waals surface area contributed by atoms with E-state index in [9.17, 15) is 0 Å². The molecule has 0 bridgehead atoms. The standard InChI is InChI=1S/C15H27N5/c1-4-16-15-18-10-12(3)14(19-15)17-11-13-6-8-20(5-2)9-7-13/h10,13H,4-9,11H2,1-3H3,(H2,16,17,18,19). The topological polar surface area (TPSA) is 53.1 Å². The lowest BCUT2D eigenvalue weighted by Crippen LogP contribution is -2.35. The van der Waals surface area contributed by atoms with Crippen molar-refractivity contribution >= 4 is 11.8 Å². The average molecular weight is 277 g/mol. The van der Waals surface area contributed by atoms with Gasteiger partial charge in [-0.25, -0.2) is 4.98 Å². The summed E-state index contributed by atoms with van der Waals surface area (Å²) >= 11 is 0. The van der Waals surface area contributed by atoms with Gasteiger partial charge in [-0.2, -0.15) is 4.98 Å². The molecule has 0 aromatic carbocycles. The van der Waals surface area contributed by atoms with Crippen LogP contribution in [-0.2, 0) is 0 Å². The lowest BCUT2D eigenvalue weighted by atomic mass is 9.97. The predicted molar refractivity (Wildman–Crippen MR) is 84.3 cm³/mol. The molecule has 0 radical (unpaired) electrons. The Labute approximate surface area is 122 Å². The molecule has 1 fully saturated rings. The summed E-state index contributed by atoms with van der Waals surface area (Å²) in [5.74, 6) is 2.44. The van der Waals surface area contributed by atoms with E-state index < -0.39 is 0 Å². The molecule has 1 aromatic rings. The molecule has 2 rings (SSSR count). The van der Waals surface area contributed by atoms with Gasteiger partial charge < -0.3 is 15.5 Å². The number of hydrogen-bond donors (Lipinski definition) is 2. The first kappa shape index (κ1) is 15.0. The van der Waals surface area contributed by atoms with Gasteiger partial charge in [0.15, 0.2) is 0 Å². The lowest BCUT2D eigenvalue weighted by molar-refractivity contribution is 0.198. The SMILES string of the molecule is CCNc1ncc(C)c(NCC2CCN(CC)CC2)n1. The van der Waals surface area contributed by atoms with E-state index >= 15 is 0 Å². The third kappa shape index (κ3) is 4.07. The van der Waals surface area contributed by atoms with Crippen LogP contribution in [0, 0.1) is 12.8 Å². The lowest BCUT2D eigenvalue weighted by Gasteiger charge is -2.31. The second-order valence-corrected chi connectivity index (χ2v) is 5.51. The van der Waals surface area contributed by atoms with Crippen LogP contribution in [0.4, 0.5) is 11.8 Å². The van der Waals surface area contributed by atoms with Crippen LogP contribution in [0.1, 0.15) is 32.3 Å². The van der Waals surface area contributed by atoms with E-state index in [4.69, 9.17) is 0 Å².